The van der Waals surface area contributed by atoms with Gasteiger partial charge >= 0.3 is 0 Å². The van der Waals surface area contributed by atoms with E-state index >= 15 is 0 Å². The van der Waals surface area contributed by atoms with Crippen LogP contribution >= 0.6 is 0 Å². The Labute approximate surface area is 151 Å². The van der Waals surface area contributed by atoms with Gasteiger partial charge in [0.05, 0.1) is 5.60 Å². The van der Waals surface area contributed by atoms with E-state index in [0.29, 0.717) is 12.3 Å². The predicted molar refractivity (Wildman–Crippen MR) is 98.3 cm³/mol. The summed E-state index contributed by atoms with van der Waals surface area (Å²) in [4.78, 5) is 14.5. The smallest absolute Gasteiger partial charge is 0.222 e. The van der Waals surface area contributed by atoms with E-state index in [1.807, 2.05) is 11.0 Å². The molecule has 0 saturated carbocycles. The first-order valence-corrected chi connectivity index (χ1v) is 9.77. The summed E-state index contributed by atoms with van der Waals surface area (Å²) in [5.41, 5.74) is 1.26. The van der Waals surface area contributed by atoms with Crippen LogP contribution in [0.4, 0.5) is 0 Å². The van der Waals surface area contributed by atoms with E-state index in [9.17, 15) is 9.90 Å². The highest BCUT2D eigenvalue weighted by molar-refractivity contribution is 5.76. The number of aliphatic hydroxyl groups is 1. The molecule has 1 spiro atoms. The number of hydrogen-bond donors (Lipinski definition) is 1. The number of aryl methyl sites for hydroxylation is 1. The van der Waals surface area contributed by atoms with Crippen LogP contribution < -0.4 is 0 Å². The van der Waals surface area contributed by atoms with E-state index in [1.54, 1.807) is 0 Å². The average Bonchev–Trinajstić information content (AvgIpc) is 2.63. The molecule has 2 fully saturated rings. The molecule has 3 rings (SSSR count). The molecule has 0 bridgehead atoms. The first kappa shape index (κ1) is 18.4. The summed E-state index contributed by atoms with van der Waals surface area (Å²) in [6.07, 6.45) is 7.39. The molecule has 1 aromatic rings. The lowest BCUT2D eigenvalue weighted by Crippen LogP contribution is -2.50. The summed E-state index contributed by atoms with van der Waals surface area (Å²) in [6.45, 7) is 2.70. The first-order valence-electron chi connectivity index (χ1n) is 9.77. The van der Waals surface area contributed by atoms with Crippen LogP contribution in [0.5, 0.6) is 0 Å². The molecule has 2 aliphatic heterocycles. The van der Waals surface area contributed by atoms with E-state index < -0.39 is 0 Å². The molecule has 2 heterocycles. The normalized spacial score (nSPS) is 22.9. The molecule has 2 saturated heterocycles. The fraction of sp³-hybridized carbons (Fsp3) is 0.667. The van der Waals surface area contributed by atoms with Crippen LogP contribution in [0.15, 0.2) is 30.3 Å². The third-order valence-electron chi connectivity index (χ3n) is 5.86. The molecule has 4 nitrogen and oxygen atoms in total. The molecule has 0 aromatic heterocycles. The molecular formula is C21H31NO3. The lowest BCUT2D eigenvalue weighted by molar-refractivity contribution is -0.147. The van der Waals surface area contributed by atoms with Gasteiger partial charge < -0.3 is 14.7 Å². The van der Waals surface area contributed by atoms with Gasteiger partial charge in [-0.15, -0.1) is 0 Å². The number of carbonyl (C=O) groups is 1. The number of nitrogens with zero attached hydrogens (tertiary/aromatic N) is 1. The van der Waals surface area contributed by atoms with Crippen LogP contribution in [0.1, 0.15) is 50.5 Å². The third-order valence-corrected chi connectivity index (χ3v) is 5.86. The molecule has 1 unspecified atom stereocenters. The van der Waals surface area contributed by atoms with Crippen molar-refractivity contribution < 1.29 is 14.6 Å². The maximum Gasteiger partial charge on any atom is 0.222 e. The first-order chi connectivity index (χ1) is 12.2. The maximum atomic E-state index is 12.5. The minimum atomic E-state index is -0.0428. The van der Waals surface area contributed by atoms with Crippen molar-refractivity contribution in [3.63, 3.8) is 0 Å². The lowest BCUT2D eigenvalue weighted by atomic mass is 9.78. The Morgan fingerprint density at radius 1 is 1.24 bits per heavy atom. The molecule has 2 aliphatic rings. The van der Waals surface area contributed by atoms with E-state index in [0.717, 1.165) is 64.6 Å². The number of likely N-dealkylation sites (tertiary alicyclic amines) is 1. The number of carbonyl (C=O) groups excluding carboxylic acids is 1. The zero-order chi connectivity index (χ0) is 17.5. The Morgan fingerprint density at radius 3 is 2.72 bits per heavy atom. The van der Waals surface area contributed by atoms with Gasteiger partial charge in [0.1, 0.15) is 0 Å². The van der Waals surface area contributed by atoms with Crippen LogP contribution in [0.2, 0.25) is 0 Å². The van der Waals surface area contributed by atoms with Crippen LogP contribution in [0.25, 0.3) is 0 Å². The maximum absolute atomic E-state index is 12.5. The number of rotatable bonds is 6. The Kier molecular flexibility index (Phi) is 6.49. The highest BCUT2D eigenvalue weighted by Gasteiger charge is 2.40. The number of hydrogen-bond acceptors (Lipinski definition) is 3. The Morgan fingerprint density at radius 2 is 2.00 bits per heavy atom. The molecule has 0 radical (unpaired) electrons. The highest BCUT2D eigenvalue weighted by atomic mass is 16.5. The Balaban J connectivity index is 1.41. The summed E-state index contributed by atoms with van der Waals surface area (Å²) in [5, 5.41) is 9.19. The van der Waals surface area contributed by atoms with Gasteiger partial charge in [0.2, 0.25) is 5.91 Å². The quantitative estimate of drug-likeness (QED) is 0.861. The number of ether oxygens (including phenoxy) is 1. The second-order valence-electron chi connectivity index (χ2n) is 7.62. The van der Waals surface area contributed by atoms with E-state index in [1.165, 1.54) is 5.56 Å². The van der Waals surface area contributed by atoms with Crippen molar-refractivity contribution in [1.82, 2.24) is 4.90 Å². The van der Waals surface area contributed by atoms with Crippen molar-refractivity contribution in [2.24, 2.45) is 5.92 Å². The summed E-state index contributed by atoms with van der Waals surface area (Å²) >= 11 is 0. The van der Waals surface area contributed by atoms with E-state index in [4.69, 9.17) is 4.74 Å². The summed E-state index contributed by atoms with van der Waals surface area (Å²) < 4.78 is 6.13. The zero-order valence-electron chi connectivity index (χ0n) is 15.2. The van der Waals surface area contributed by atoms with Gasteiger partial charge in [-0.25, -0.2) is 0 Å². The average molecular weight is 345 g/mol. The van der Waals surface area contributed by atoms with Gasteiger partial charge in [0.25, 0.3) is 0 Å². The van der Waals surface area contributed by atoms with Gasteiger partial charge in [0.15, 0.2) is 0 Å². The molecule has 1 N–H and O–H groups in total. The van der Waals surface area contributed by atoms with Crippen LogP contribution in [0.3, 0.4) is 0 Å². The van der Waals surface area contributed by atoms with Gasteiger partial charge in [-0.05, 0) is 56.4 Å². The van der Waals surface area contributed by atoms with Gasteiger partial charge in [-0.3, -0.25) is 4.79 Å². The predicted octanol–water partition coefficient (Wildman–Crippen LogP) is 3.18. The standard InChI is InChI=1S/C21H31NO3/c23-15-9-19-10-16-25-21(17-19)11-13-22(14-12-21)20(24)8-4-7-18-5-2-1-3-6-18/h1-3,5-6,19,23H,4,7-17H2. The molecule has 138 valence electrons. The minimum absolute atomic E-state index is 0.0428. The Hall–Kier alpha value is -1.39. The van der Waals surface area contributed by atoms with Crippen LogP contribution in [-0.2, 0) is 16.0 Å². The largest absolute Gasteiger partial charge is 0.396 e. The van der Waals surface area contributed by atoms with Crippen molar-refractivity contribution in [3.8, 4) is 0 Å². The molecule has 1 aromatic carbocycles. The third kappa shape index (κ3) is 5.05. The SMILES string of the molecule is O=C(CCCc1ccccc1)N1CCC2(CC1)CC(CCO)CCO2. The monoisotopic (exact) mass is 345 g/mol. The van der Waals surface area contributed by atoms with E-state index in [-0.39, 0.29) is 18.1 Å². The highest BCUT2D eigenvalue weighted by Crippen LogP contribution is 2.38. The van der Waals surface area contributed by atoms with Crippen LogP contribution in [0, 0.1) is 5.92 Å². The van der Waals surface area contributed by atoms with Crippen molar-refractivity contribution in [2.75, 3.05) is 26.3 Å². The zero-order valence-corrected chi connectivity index (χ0v) is 15.2. The topological polar surface area (TPSA) is 49.8 Å². The fourth-order valence-corrected chi connectivity index (χ4v) is 4.32. The molecule has 1 amide bonds. The van der Waals surface area contributed by atoms with Gasteiger partial charge in [-0.2, -0.15) is 0 Å². The number of benzene rings is 1. The molecule has 1 atom stereocenters. The summed E-state index contributed by atoms with van der Waals surface area (Å²) in [6, 6.07) is 10.4. The number of amides is 1. The van der Waals surface area contributed by atoms with Gasteiger partial charge in [0, 0.05) is 32.7 Å². The van der Waals surface area contributed by atoms with Crippen molar-refractivity contribution in [1.29, 1.82) is 0 Å². The molecular weight excluding hydrogens is 314 g/mol. The van der Waals surface area contributed by atoms with Gasteiger partial charge in [-0.1, -0.05) is 30.3 Å². The molecule has 4 heteroatoms. The lowest BCUT2D eigenvalue weighted by Gasteiger charge is -2.46. The fourth-order valence-electron chi connectivity index (χ4n) is 4.32. The van der Waals surface area contributed by atoms with Crippen molar-refractivity contribution in [3.05, 3.63) is 35.9 Å². The van der Waals surface area contributed by atoms with Crippen molar-refractivity contribution >= 4 is 5.91 Å². The molecule has 0 aliphatic carbocycles. The second kappa shape index (κ2) is 8.81. The van der Waals surface area contributed by atoms with E-state index in [2.05, 4.69) is 24.3 Å². The van der Waals surface area contributed by atoms with Crippen molar-refractivity contribution in [2.45, 2.75) is 57.0 Å². The second-order valence-corrected chi connectivity index (χ2v) is 7.62. The summed E-state index contributed by atoms with van der Waals surface area (Å²) in [7, 11) is 0. The Bertz CT molecular complexity index is 535. The minimum Gasteiger partial charge on any atom is -0.396 e. The number of aliphatic hydroxyl groups excluding tert-OH is 1. The summed E-state index contributed by atoms with van der Waals surface area (Å²) in [5.74, 6) is 0.861. The number of piperidine rings is 1. The van der Waals surface area contributed by atoms with Crippen LogP contribution in [-0.4, -0.2) is 47.8 Å². The molecule has 25 heavy (non-hydrogen) atoms.